The fraction of sp³-hybridized carbons (Fsp3) is 0.471. The van der Waals surface area contributed by atoms with Gasteiger partial charge in [0.15, 0.2) is 15.6 Å². The second-order valence-electron chi connectivity index (χ2n) is 6.75. The summed E-state index contributed by atoms with van der Waals surface area (Å²) < 4.78 is 23.0. The Morgan fingerprint density at radius 2 is 1.88 bits per heavy atom. The number of benzene rings is 1. The molecular weight excluding hydrogens is 344 g/mol. The Kier molecular flexibility index (Phi) is 4.40. The largest absolute Gasteiger partial charge is 0.351 e. The molecule has 2 amide bonds. The van der Waals surface area contributed by atoms with Crippen molar-refractivity contribution in [1.82, 2.24) is 5.32 Å². The van der Waals surface area contributed by atoms with Gasteiger partial charge in [-0.05, 0) is 38.3 Å². The molecule has 134 valence electrons. The minimum Gasteiger partial charge on any atom is -0.351 e. The van der Waals surface area contributed by atoms with Gasteiger partial charge in [0.25, 0.3) is 0 Å². The van der Waals surface area contributed by atoms with Gasteiger partial charge in [0.05, 0.1) is 11.5 Å². The molecule has 1 aliphatic heterocycles. The van der Waals surface area contributed by atoms with Crippen LogP contribution in [0.3, 0.4) is 0 Å². The highest BCUT2D eigenvalue weighted by Crippen LogP contribution is 2.47. The molecule has 8 heteroatoms. The number of Topliss-reactive ketones (excluding diaryl/α,β-unsaturated/α-hetero) is 1. The SMILES string of the molecule is CC(=O)c1cccc(NC(=O)C2(C(=O)NC3CCS(=O)(=O)C3)CC2)c1. The number of carbonyl (C=O) groups excluding carboxylic acids is 3. The van der Waals surface area contributed by atoms with Gasteiger partial charge in [-0.25, -0.2) is 8.42 Å². The summed E-state index contributed by atoms with van der Waals surface area (Å²) in [7, 11) is -3.10. The highest BCUT2D eigenvalue weighted by molar-refractivity contribution is 7.91. The molecule has 25 heavy (non-hydrogen) atoms. The fourth-order valence-corrected chi connectivity index (χ4v) is 4.65. The Balaban J connectivity index is 1.66. The first-order valence-corrected chi connectivity index (χ1v) is 9.98. The molecule has 3 rings (SSSR count). The van der Waals surface area contributed by atoms with Crippen molar-refractivity contribution < 1.29 is 22.8 Å². The van der Waals surface area contributed by atoms with E-state index >= 15 is 0 Å². The van der Waals surface area contributed by atoms with Crippen molar-refractivity contribution in [2.45, 2.75) is 32.2 Å². The van der Waals surface area contributed by atoms with Crippen LogP contribution in [0.2, 0.25) is 0 Å². The smallest absolute Gasteiger partial charge is 0.240 e. The zero-order valence-electron chi connectivity index (χ0n) is 13.9. The molecule has 1 aromatic carbocycles. The van der Waals surface area contributed by atoms with Crippen LogP contribution in [0.4, 0.5) is 5.69 Å². The first-order chi connectivity index (χ1) is 11.7. The third kappa shape index (κ3) is 3.73. The minimum absolute atomic E-state index is 0.0645. The molecule has 0 bridgehead atoms. The Morgan fingerprint density at radius 1 is 1.16 bits per heavy atom. The van der Waals surface area contributed by atoms with Crippen molar-refractivity contribution in [3.63, 3.8) is 0 Å². The monoisotopic (exact) mass is 364 g/mol. The molecule has 1 aromatic rings. The summed E-state index contributed by atoms with van der Waals surface area (Å²) in [4.78, 5) is 36.4. The molecule has 1 saturated carbocycles. The molecule has 0 spiro atoms. The number of sulfone groups is 1. The zero-order valence-corrected chi connectivity index (χ0v) is 14.7. The van der Waals surface area contributed by atoms with Gasteiger partial charge in [0, 0.05) is 17.3 Å². The van der Waals surface area contributed by atoms with Crippen LogP contribution in [0.15, 0.2) is 24.3 Å². The van der Waals surface area contributed by atoms with Crippen LogP contribution in [-0.2, 0) is 19.4 Å². The van der Waals surface area contributed by atoms with E-state index in [-0.39, 0.29) is 17.3 Å². The quantitative estimate of drug-likeness (QED) is 0.596. The number of hydrogen-bond acceptors (Lipinski definition) is 5. The lowest BCUT2D eigenvalue weighted by Gasteiger charge is -2.18. The van der Waals surface area contributed by atoms with Crippen molar-refractivity contribution in [2.24, 2.45) is 5.41 Å². The minimum atomic E-state index is -3.10. The van der Waals surface area contributed by atoms with E-state index in [9.17, 15) is 22.8 Å². The molecule has 2 N–H and O–H groups in total. The number of anilines is 1. The van der Waals surface area contributed by atoms with Crippen molar-refractivity contribution in [1.29, 1.82) is 0 Å². The molecule has 1 aliphatic carbocycles. The summed E-state index contributed by atoms with van der Waals surface area (Å²) in [5.41, 5.74) is -0.207. The van der Waals surface area contributed by atoms with Crippen LogP contribution >= 0.6 is 0 Å². The number of ketones is 1. The van der Waals surface area contributed by atoms with E-state index in [1.807, 2.05) is 0 Å². The molecule has 1 unspecified atom stereocenters. The second-order valence-corrected chi connectivity index (χ2v) is 8.98. The highest BCUT2D eigenvalue weighted by Gasteiger charge is 2.57. The van der Waals surface area contributed by atoms with Gasteiger partial charge >= 0.3 is 0 Å². The maximum absolute atomic E-state index is 12.5. The molecule has 0 radical (unpaired) electrons. The number of hydrogen-bond donors (Lipinski definition) is 2. The maximum atomic E-state index is 12.5. The van der Waals surface area contributed by atoms with E-state index in [1.54, 1.807) is 24.3 Å². The average Bonchev–Trinajstić information content (AvgIpc) is 3.28. The Morgan fingerprint density at radius 3 is 2.44 bits per heavy atom. The Labute approximate surface area is 146 Å². The van der Waals surface area contributed by atoms with Gasteiger partial charge in [-0.2, -0.15) is 0 Å². The van der Waals surface area contributed by atoms with Crippen LogP contribution < -0.4 is 10.6 Å². The van der Waals surface area contributed by atoms with Gasteiger partial charge in [0.2, 0.25) is 11.8 Å². The summed E-state index contributed by atoms with van der Waals surface area (Å²) in [5, 5.41) is 5.39. The summed E-state index contributed by atoms with van der Waals surface area (Å²) in [6.07, 6.45) is 1.24. The van der Waals surface area contributed by atoms with E-state index in [0.29, 0.717) is 30.5 Å². The number of nitrogens with one attached hydrogen (secondary N) is 2. The predicted octanol–water partition coefficient (Wildman–Crippen LogP) is 0.911. The first-order valence-electron chi connectivity index (χ1n) is 8.16. The van der Waals surface area contributed by atoms with E-state index in [0.717, 1.165) is 0 Å². The van der Waals surface area contributed by atoms with Gasteiger partial charge in [-0.1, -0.05) is 12.1 Å². The molecule has 1 heterocycles. The van der Waals surface area contributed by atoms with Gasteiger partial charge < -0.3 is 10.6 Å². The van der Waals surface area contributed by atoms with Crippen LogP contribution in [0.25, 0.3) is 0 Å². The summed E-state index contributed by atoms with van der Waals surface area (Å²) in [6, 6.07) is 6.11. The van der Waals surface area contributed by atoms with Crippen LogP contribution in [0.5, 0.6) is 0 Å². The lowest BCUT2D eigenvalue weighted by atomic mass is 10.0. The standard InChI is InChI=1S/C17H20N2O5S/c1-11(20)12-3-2-4-13(9-12)18-15(21)17(6-7-17)16(22)19-14-5-8-25(23,24)10-14/h2-4,9,14H,5-8,10H2,1H3,(H,18,21)(H,19,22). The molecular formula is C17H20N2O5S. The Bertz CT molecular complexity index is 842. The Hall–Kier alpha value is -2.22. The average molecular weight is 364 g/mol. The third-order valence-electron chi connectivity index (χ3n) is 4.71. The molecule has 1 saturated heterocycles. The zero-order chi connectivity index (χ0) is 18.2. The second kappa shape index (κ2) is 6.25. The first kappa shape index (κ1) is 17.6. The van der Waals surface area contributed by atoms with Crippen LogP contribution in [0, 0.1) is 5.41 Å². The normalized spacial score (nSPS) is 22.8. The number of amides is 2. The van der Waals surface area contributed by atoms with E-state index in [2.05, 4.69) is 10.6 Å². The summed E-state index contributed by atoms with van der Waals surface area (Å²) in [5.74, 6) is -0.967. The third-order valence-corrected chi connectivity index (χ3v) is 6.48. The topological polar surface area (TPSA) is 109 Å². The molecule has 2 fully saturated rings. The predicted molar refractivity (Wildman–Crippen MR) is 91.9 cm³/mol. The van der Waals surface area contributed by atoms with Gasteiger partial charge in [-0.3, -0.25) is 14.4 Å². The highest BCUT2D eigenvalue weighted by atomic mass is 32.2. The summed E-state index contributed by atoms with van der Waals surface area (Å²) >= 11 is 0. The maximum Gasteiger partial charge on any atom is 0.240 e. The van der Waals surface area contributed by atoms with E-state index < -0.39 is 33.1 Å². The fourth-order valence-electron chi connectivity index (χ4n) is 2.98. The summed E-state index contributed by atoms with van der Waals surface area (Å²) in [6.45, 7) is 1.44. The van der Waals surface area contributed by atoms with Crippen molar-refractivity contribution in [2.75, 3.05) is 16.8 Å². The van der Waals surface area contributed by atoms with E-state index in [4.69, 9.17) is 0 Å². The van der Waals surface area contributed by atoms with Crippen molar-refractivity contribution in [3.05, 3.63) is 29.8 Å². The van der Waals surface area contributed by atoms with Crippen molar-refractivity contribution >= 4 is 33.1 Å². The van der Waals surface area contributed by atoms with Crippen LogP contribution in [0.1, 0.15) is 36.5 Å². The molecule has 1 atom stereocenters. The number of carbonyl (C=O) groups is 3. The van der Waals surface area contributed by atoms with Crippen molar-refractivity contribution in [3.8, 4) is 0 Å². The van der Waals surface area contributed by atoms with Gasteiger partial charge in [-0.15, -0.1) is 0 Å². The van der Waals surface area contributed by atoms with E-state index in [1.165, 1.54) is 6.92 Å². The molecule has 2 aliphatic rings. The lowest BCUT2D eigenvalue weighted by molar-refractivity contribution is -0.134. The lowest BCUT2D eigenvalue weighted by Crippen LogP contribution is -2.45. The molecule has 0 aromatic heterocycles. The molecule has 7 nitrogen and oxygen atoms in total. The van der Waals surface area contributed by atoms with Gasteiger partial charge in [0.1, 0.15) is 5.41 Å². The van der Waals surface area contributed by atoms with Crippen LogP contribution in [-0.4, -0.2) is 43.6 Å². The number of rotatable bonds is 5.